The van der Waals surface area contributed by atoms with Crippen LogP contribution in [0, 0.1) is 5.82 Å². The first-order valence-corrected chi connectivity index (χ1v) is 6.77. The molecule has 0 radical (unpaired) electrons. The summed E-state index contributed by atoms with van der Waals surface area (Å²) in [5.41, 5.74) is 0.758. The second-order valence-electron chi connectivity index (χ2n) is 4.86. The van der Waals surface area contributed by atoms with Gasteiger partial charge in [0.1, 0.15) is 5.82 Å². The lowest BCUT2D eigenvalue weighted by molar-refractivity contribution is 0.164. The maximum absolute atomic E-state index is 13.7. The summed E-state index contributed by atoms with van der Waals surface area (Å²) in [5, 5.41) is 3.48. The van der Waals surface area contributed by atoms with Crippen LogP contribution in [0.25, 0.3) is 0 Å². The minimum absolute atomic E-state index is 0.127. The van der Waals surface area contributed by atoms with Gasteiger partial charge in [0.25, 0.3) is 0 Å². The summed E-state index contributed by atoms with van der Waals surface area (Å²) in [6.07, 6.45) is 0. The maximum atomic E-state index is 13.7. The van der Waals surface area contributed by atoms with Gasteiger partial charge in [-0.05, 0) is 26.0 Å². The molecule has 0 aromatic heterocycles. The van der Waals surface area contributed by atoms with Gasteiger partial charge < -0.3 is 5.32 Å². The summed E-state index contributed by atoms with van der Waals surface area (Å²) in [6, 6.07) is 6.07. The van der Waals surface area contributed by atoms with Crippen LogP contribution >= 0.6 is 15.9 Å². The molecule has 0 bridgehead atoms. The van der Waals surface area contributed by atoms with Gasteiger partial charge in [-0.1, -0.05) is 22.0 Å². The van der Waals surface area contributed by atoms with Gasteiger partial charge in [-0.15, -0.1) is 0 Å². The Balaban J connectivity index is 2.10. The Labute approximate surface area is 110 Å². The molecule has 1 saturated heterocycles. The van der Waals surface area contributed by atoms with E-state index in [1.54, 1.807) is 6.07 Å². The van der Waals surface area contributed by atoms with Crippen LogP contribution in [0.4, 0.5) is 4.39 Å². The third-order valence-corrected chi connectivity index (χ3v) is 3.82. The second-order valence-corrected chi connectivity index (χ2v) is 5.72. The van der Waals surface area contributed by atoms with Crippen molar-refractivity contribution in [3.63, 3.8) is 0 Å². The third-order valence-electron chi connectivity index (χ3n) is 3.08. The van der Waals surface area contributed by atoms with Crippen LogP contribution in [-0.4, -0.2) is 30.1 Å². The zero-order valence-electron chi connectivity index (χ0n) is 10.2. The first-order valence-electron chi connectivity index (χ1n) is 5.97. The largest absolute Gasteiger partial charge is 0.309 e. The number of piperazine rings is 1. The van der Waals surface area contributed by atoms with E-state index in [2.05, 4.69) is 40.0 Å². The van der Waals surface area contributed by atoms with Crippen molar-refractivity contribution in [2.45, 2.75) is 32.5 Å². The highest BCUT2D eigenvalue weighted by Gasteiger charge is 2.22. The Hall–Kier alpha value is -0.450. The van der Waals surface area contributed by atoms with Crippen LogP contribution in [0.1, 0.15) is 19.4 Å². The maximum Gasteiger partial charge on any atom is 0.128 e. The lowest BCUT2D eigenvalue weighted by Gasteiger charge is -2.36. The standard InChI is InChI=1S/C13H18BrFN2/c1-9-6-17(7-10(2)16-9)8-11-12(14)4-3-5-13(11)15/h3-5,9-10,16H,6-8H2,1-2H3. The van der Waals surface area contributed by atoms with E-state index in [1.807, 2.05) is 6.07 Å². The van der Waals surface area contributed by atoms with Gasteiger partial charge >= 0.3 is 0 Å². The number of hydrogen-bond acceptors (Lipinski definition) is 2. The number of hydrogen-bond donors (Lipinski definition) is 1. The van der Waals surface area contributed by atoms with E-state index >= 15 is 0 Å². The van der Waals surface area contributed by atoms with Crippen LogP contribution in [0.2, 0.25) is 0 Å². The van der Waals surface area contributed by atoms with Crippen LogP contribution in [0.15, 0.2) is 22.7 Å². The minimum atomic E-state index is -0.127. The molecule has 2 rings (SSSR count). The van der Waals surface area contributed by atoms with Crippen molar-refractivity contribution in [1.29, 1.82) is 0 Å². The van der Waals surface area contributed by atoms with Crippen molar-refractivity contribution in [3.8, 4) is 0 Å². The van der Waals surface area contributed by atoms with Gasteiger partial charge in [0.15, 0.2) is 0 Å². The molecule has 1 heterocycles. The Morgan fingerprint density at radius 1 is 1.35 bits per heavy atom. The lowest BCUT2D eigenvalue weighted by Crippen LogP contribution is -2.53. The Morgan fingerprint density at radius 3 is 2.59 bits per heavy atom. The molecule has 0 aliphatic carbocycles. The summed E-state index contributed by atoms with van der Waals surface area (Å²) in [7, 11) is 0. The third kappa shape index (κ3) is 3.27. The molecule has 1 aromatic rings. The number of halogens is 2. The molecule has 0 amide bonds. The Morgan fingerprint density at radius 2 is 2.00 bits per heavy atom. The van der Waals surface area contributed by atoms with Gasteiger partial charge in [0.2, 0.25) is 0 Å². The first-order chi connectivity index (χ1) is 8.06. The molecule has 0 saturated carbocycles. The Kier molecular flexibility index (Phi) is 4.17. The van der Waals surface area contributed by atoms with E-state index in [0.717, 1.165) is 23.1 Å². The number of benzene rings is 1. The molecular formula is C13H18BrFN2. The monoisotopic (exact) mass is 300 g/mol. The molecule has 94 valence electrons. The number of rotatable bonds is 2. The quantitative estimate of drug-likeness (QED) is 0.903. The number of nitrogens with zero attached hydrogens (tertiary/aromatic N) is 1. The average molecular weight is 301 g/mol. The highest BCUT2D eigenvalue weighted by atomic mass is 79.9. The van der Waals surface area contributed by atoms with E-state index < -0.39 is 0 Å². The van der Waals surface area contributed by atoms with E-state index in [9.17, 15) is 4.39 Å². The second kappa shape index (κ2) is 5.46. The van der Waals surface area contributed by atoms with Crippen molar-refractivity contribution < 1.29 is 4.39 Å². The molecule has 2 unspecified atom stereocenters. The summed E-state index contributed by atoms with van der Waals surface area (Å²) in [4.78, 5) is 2.30. The summed E-state index contributed by atoms with van der Waals surface area (Å²) in [6.45, 7) is 6.93. The first kappa shape index (κ1) is 13.0. The molecule has 0 spiro atoms. The van der Waals surface area contributed by atoms with E-state index in [0.29, 0.717) is 18.6 Å². The molecule has 1 aliphatic rings. The molecule has 2 atom stereocenters. The lowest BCUT2D eigenvalue weighted by atomic mass is 10.1. The van der Waals surface area contributed by atoms with Crippen LogP contribution in [0.3, 0.4) is 0 Å². The SMILES string of the molecule is CC1CN(Cc2c(F)cccc2Br)CC(C)N1. The molecule has 2 nitrogen and oxygen atoms in total. The molecule has 1 aromatic carbocycles. The predicted molar refractivity (Wildman–Crippen MR) is 71.4 cm³/mol. The van der Waals surface area contributed by atoms with E-state index in [1.165, 1.54) is 6.07 Å². The fourth-order valence-corrected chi connectivity index (χ4v) is 2.94. The smallest absolute Gasteiger partial charge is 0.128 e. The van der Waals surface area contributed by atoms with Gasteiger partial charge in [-0.2, -0.15) is 0 Å². The average Bonchev–Trinajstić information content (AvgIpc) is 2.22. The van der Waals surface area contributed by atoms with Crippen molar-refractivity contribution in [2.75, 3.05) is 13.1 Å². The molecule has 1 N–H and O–H groups in total. The van der Waals surface area contributed by atoms with Crippen LogP contribution < -0.4 is 5.32 Å². The van der Waals surface area contributed by atoms with Gasteiger partial charge in [0.05, 0.1) is 0 Å². The molecule has 1 fully saturated rings. The van der Waals surface area contributed by atoms with Gasteiger partial charge in [-0.3, -0.25) is 4.90 Å². The minimum Gasteiger partial charge on any atom is -0.309 e. The molecule has 1 aliphatic heterocycles. The fourth-order valence-electron chi connectivity index (χ4n) is 2.48. The predicted octanol–water partition coefficient (Wildman–Crippen LogP) is 2.77. The summed E-state index contributed by atoms with van der Waals surface area (Å²) in [5.74, 6) is -0.127. The van der Waals surface area contributed by atoms with E-state index in [4.69, 9.17) is 0 Å². The zero-order chi connectivity index (χ0) is 12.4. The Bertz CT molecular complexity index is 367. The van der Waals surface area contributed by atoms with Crippen molar-refractivity contribution in [2.24, 2.45) is 0 Å². The van der Waals surface area contributed by atoms with Crippen molar-refractivity contribution in [3.05, 3.63) is 34.1 Å². The highest BCUT2D eigenvalue weighted by molar-refractivity contribution is 9.10. The summed E-state index contributed by atoms with van der Waals surface area (Å²) < 4.78 is 14.6. The van der Waals surface area contributed by atoms with Crippen molar-refractivity contribution >= 4 is 15.9 Å². The fraction of sp³-hybridized carbons (Fsp3) is 0.538. The molecular weight excluding hydrogens is 283 g/mol. The topological polar surface area (TPSA) is 15.3 Å². The van der Waals surface area contributed by atoms with Gasteiger partial charge in [-0.25, -0.2) is 4.39 Å². The number of nitrogens with one attached hydrogen (secondary N) is 1. The normalized spacial score (nSPS) is 26.1. The van der Waals surface area contributed by atoms with E-state index in [-0.39, 0.29) is 5.82 Å². The zero-order valence-corrected chi connectivity index (χ0v) is 11.8. The van der Waals surface area contributed by atoms with Crippen molar-refractivity contribution in [1.82, 2.24) is 10.2 Å². The molecule has 17 heavy (non-hydrogen) atoms. The molecule has 4 heteroatoms. The van der Waals surface area contributed by atoms with Crippen LogP contribution in [-0.2, 0) is 6.54 Å². The van der Waals surface area contributed by atoms with Gasteiger partial charge in [0, 0.05) is 41.8 Å². The van der Waals surface area contributed by atoms with Crippen LogP contribution in [0.5, 0.6) is 0 Å². The highest BCUT2D eigenvalue weighted by Crippen LogP contribution is 2.22. The summed E-state index contributed by atoms with van der Waals surface area (Å²) >= 11 is 3.42.